The standard InChI is InChI=1S/C18H20N2O3/c1-12-3-5-16(21)14(9-12)19-7-8-20(18(23)11-19)15-10-13(2)4-6-17(15)22/h3-6,9-10,21-22H,7-8,11H2,1-2H3. The van der Waals surface area contributed by atoms with Gasteiger partial charge in [-0.25, -0.2) is 0 Å². The van der Waals surface area contributed by atoms with E-state index in [4.69, 9.17) is 0 Å². The third-order valence-corrected chi connectivity index (χ3v) is 4.11. The summed E-state index contributed by atoms with van der Waals surface area (Å²) >= 11 is 0. The zero-order chi connectivity index (χ0) is 16.6. The molecule has 3 rings (SSSR count). The number of aryl methyl sites for hydroxylation is 2. The zero-order valence-corrected chi connectivity index (χ0v) is 13.3. The lowest BCUT2D eigenvalue weighted by Crippen LogP contribution is -2.50. The van der Waals surface area contributed by atoms with Crippen molar-refractivity contribution in [2.45, 2.75) is 13.8 Å². The summed E-state index contributed by atoms with van der Waals surface area (Å²) in [6, 6.07) is 10.6. The van der Waals surface area contributed by atoms with E-state index >= 15 is 0 Å². The average Bonchev–Trinajstić information content (AvgIpc) is 2.52. The molecule has 5 nitrogen and oxygen atoms in total. The zero-order valence-electron chi connectivity index (χ0n) is 13.3. The maximum atomic E-state index is 12.5. The van der Waals surface area contributed by atoms with Crippen molar-refractivity contribution in [3.8, 4) is 11.5 Å². The number of hydrogen-bond donors (Lipinski definition) is 2. The van der Waals surface area contributed by atoms with E-state index in [9.17, 15) is 15.0 Å². The molecule has 1 fully saturated rings. The van der Waals surface area contributed by atoms with Crippen molar-refractivity contribution in [1.29, 1.82) is 0 Å². The van der Waals surface area contributed by atoms with Crippen molar-refractivity contribution in [3.05, 3.63) is 47.5 Å². The predicted molar refractivity (Wildman–Crippen MR) is 90.3 cm³/mol. The van der Waals surface area contributed by atoms with Crippen LogP contribution in [0.3, 0.4) is 0 Å². The van der Waals surface area contributed by atoms with E-state index in [2.05, 4.69) is 0 Å². The molecule has 0 bridgehead atoms. The van der Waals surface area contributed by atoms with Gasteiger partial charge >= 0.3 is 0 Å². The van der Waals surface area contributed by atoms with Crippen LogP contribution in [0.5, 0.6) is 11.5 Å². The monoisotopic (exact) mass is 312 g/mol. The maximum absolute atomic E-state index is 12.5. The second-order valence-corrected chi connectivity index (χ2v) is 5.95. The fourth-order valence-electron chi connectivity index (χ4n) is 2.87. The van der Waals surface area contributed by atoms with E-state index in [1.807, 2.05) is 43.0 Å². The minimum Gasteiger partial charge on any atom is -0.506 e. The van der Waals surface area contributed by atoms with Crippen LogP contribution in [0.4, 0.5) is 11.4 Å². The van der Waals surface area contributed by atoms with E-state index in [1.54, 1.807) is 17.0 Å². The molecule has 0 saturated carbocycles. The van der Waals surface area contributed by atoms with Gasteiger partial charge in [0.2, 0.25) is 5.91 Å². The molecular formula is C18H20N2O3. The summed E-state index contributed by atoms with van der Waals surface area (Å²) in [6.07, 6.45) is 0. The molecule has 120 valence electrons. The van der Waals surface area contributed by atoms with Gasteiger partial charge in [0.25, 0.3) is 0 Å². The van der Waals surface area contributed by atoms with Crippen LogP contribution in [0, 0.1) is 13.8 Å². The van der Waals surface area contributed by atoms with E-state index in [-0.39, 0.29) is 24.0 Å². The number of aromatic hydroxyl groups is 2. The minimum absolute atomic E-state index is 0.0990. The molecule has 0 aliphatic carbocycles. The van der Waals surface area contributed by atoms with E-state index in [0.29, 0.717) is 24.5 Å². The molecule has 0 radical (unpaired) electrons. The fraction of sp³-hybridized carbons (Fsp3) is 0.278. The highest BCUT2D eigenvalue weighted by atomic mass is 16.3. The SMILES string of the molecule is Cc1ccc(O)c(N2CCN(c3cc(C)ccc3O)C(=O)C2)c1. The summed E-state index contributed by atoms with van der Waals surface area (Å²) in [4.78, 5) is 16.0. The molecule has 5 heteroatoms. The molecule has 1 aliphatic heterocycles. The molecule has 2 aromatic carbocycles. The summed E-state index contributed by atoms with van der Waals surface area (Å²) < 4.78 is 0. The smallest absolute Gasteiger partial charge is 0.246 e. The van der Waals surface area contributed by atoms with E-state index in [0.717, 1.165) is 11.1 Å². The molecule has 1 amide bonds. The van der Waals surface area contributed by atoms with Crippen LogP contribution in [-0.4, -0.2) is 35.8 Å². The van der Waals surface area contributed by atoms with Crippen LogP contribution in [0.15, 0.2) is 36.4 Å². The lowest BCUT2D eigenvalue weighted by molar-refractivity contribution is -0.117. The van der Waals surface area contributed by atoms with Crippen LogP contribution in [-0.2, 0) is 4.79 Å². The van der Waals surface area contributed by atoms with Gasteiger partial charge in [-0.15, -0.1) is 0 Å². The molecule has 0 spiro atoms. The topological polar surface area (TPSA) is 64.0 Å². The molecule has 1 saturated heterocycles. The summed E-state index contributed by atoms with van der Waals surface area (Å²) in [5.74, 6) is 0.184. The van der Waals surface area contributed by atoms with E-state index < -0.39 is 0 Å². The van der Waals surface area contributed by atoms with Crippen LogP contribution in [0.2, 0.25) is 0 Å². The summed E-state index contributed by atoms with van der Waals surface area (Å²) in [6.45, 7) is 5.10. The molecule has 0 atom stereocenters. The third-order valence-electron chi connectivity index (χ3n) is 4.11. The fourth-order valence-corrected chi connectivity index (χ4v) is 2.87. The number of amides is 1. The number of carbonyl (C=O) groups excluding carboxylic acids is 1. The van der Waals surface area contributed by atoms with Crippen molar-refractivity contribution in [1.82, 2.24) is 0 Å². The molecule has 2 N–H and O–H groups in total. The van der Waals surface area contributed by atoms with Gasteiger partial charge in [-0.1, -0.05) is 12.1 Å². The first-order valence-corrected chi connectivity index (χ1v) is 7.60. The van der Waals surface area contributed by atoms with Gasteiger partial charge in [-0.05, 0) is 49.2 Å². The Morgan fingerprint density at radius 3 is 2.04 bits per heavy atom. The maximum Gasteiger partial charge on any atom is 0.246 e. The Balaban J connectivity index is 1.84. The first-order valence-electron chi connectivity index (χ1n) is 7.60. The summed E-state index contributed by atoms with van der Waals surface area (Å²) in [7, 11) is 0. The van der Waals surface area contributed by atoms with Crippen molar-refractivity contribution >= 4 is 17.3 Å². The number of rotatable bonds is 2. The Kier molecular flexibility index (Phi) is 3.86. The average molecular weight is 312 g/mol. The second kappa shape index (κ2) is 5.83. The molecule has 1 heterocycles. The van der Waals surface area contributed by atoms with Crippen LogP contribution in [0.25, 0.3) is 0 Å². The number of phenols is 2. The lowest BCUT2D eigenvalue weighted by Gasteiger charge is -2.36. The van der Waals surface area contributed by atoms with Gasteiger partial charge in [-0.3, -0.25) is 4.79 Å². The highest BCUT2D eigenvalue weighted by Gasteiger charge is 2.28. The minimum atomic E-state index is -0.0990. The Bertz CT molecular complexity index is 758. The van der Waals surface area contributed by atoms with Gasteiger partial charge in [0.05, 0.1) is 17.9 Å². The van der Waals surface area contributed by atoms with Crippen molar-refractivity contribution in [2.24, 2.45) is 0 Å². The molecule has 2 aromatic rings. The predicted octanol–water partition coefficient (Wildman–Crippen LogP) is 2.57. The highest BCUT2D eigenvalue weighted by molar-refractivity contribution is 5.99. The quantitative estimate of drug-likeness (QED) is 0.894. The lowest BCUT2D eigenvalue weighted by atomic mass is 10.1. The van der Waals surface area contributed by atoms with Gasteiger partial charge in [0.1, 0.15) is 11.5 Å². The van der Waals surface area contributed by atoms with Crippen molar-refractivity contribution in [2.75, 3.05) is 29.4 Å². The van der Waals surface area contributed by atoms with Gasteiger partial charge in [0.15, 0.2) is 0 Å². The van der Waals surface area contributed by atoms with Crippen molar-refractivity contribution < 1.29 is 15.0 Å². The normalized spacial score (nSPS) is 15.1. The number of anilines is 2. The molecule has 1 aliphatic rings. The highest BCUT2D eigenvalue weighted by Crippen LogP contribution is 2.32. The van der Waals surface area contributed by atoms with E-state index in [1.165, 1.54) is 0 Å². The number of benzene rings is 2. The summed E-state index contributed by atoms with van der Waals surface area (Å²) in [5, 5.41) is 20.1. The van der Waals surface area contributed by atoms with Crippen LogP contribution >= 0.6 is 0 Å². The summed E-state index contributed by atoms with van der Waals surface area (Å²) in [5.41, 5.74) is 3.24. The Morgan fingerprint density at radius 2 is 1.43 bits per heavy atom. The van der Waals surface area contributed by atoms with Crippen molar-refractivity contribution in [3.63, 3.8) is 0 Å². The number of phenolic OH excluding ortho intramolecular Hbond substituents is 2. The number of nitrogens with zero attached hydrogens (tertiary/aromatic N) is 2. The van der Waals surface area contributed by atoms with Crippen LogP contribution < -0.4 is 9.80 Å². The molecule has 23 heavy (non-hydrogen) atoms. The Hall–Kier alpha value is -2.69. The number of carbonyl (C=O) groups is 1. The number of hydrogen-bond acceptors (Lipinski definition) is 4. The van der Waals surface area contributed by atoms with Gasteiger partial charge < -0.3 is 20.0 Å². The van der Waals surface area contributed by atoms with Gasteiger partial charge in [0, 0.05) is 13.1 Å². The van der Waals surface area contributed by atoms with Gasteiger partial charge in [-0.2, -0.15) is 0 Å². The largest absolute Gasteiger partial charge is 0.506 e. The number of piperazine rings is 1. The van der Waals surface area contributed by atoms with Crippen LogP contribution in [0.1, 0.15) is 11.1 Å². The third kappa shape index (κ3) is 2.95. The molecular weight excluding hydrogens is 292 g/mol. The molecule has 0 unspecified atom stereocenters. The Morgan fingerprint density at radius 1 is 0.870 bits per heavy atom. The first kappa shape index (κ1) is 15.2. The second-order valence-electron chi connectivity index (χ2n) is 5.95. The molecule has 0 aromatic heterocycles. The first-order chi connectivity index (χ1) is 11.0. The Labute approximate surface area is 135 Å².